The lowest BCUT2D eigenvalue weighted by Gasteiger charge is -2.24. The highest BCUT2D eigenvalue weighted by atomic mass is 19.3. The van der Waals surface area contributed by atoms with Crippen molar-refractivity contribution in [3.05, 3.63) is 60.7 Å². The molecule has 2 atom stereocenters. The Morgan fingerprint density at radius 3 is 1.90 bits per heavy atom. The maximum atomic E-state index is 13.4. The van der Waals surface area contributed by atoms with Gasteiger partial charge in [-0.15, -0.1) is 0 Å². The predicted octanol–water partition coefficient (Wildman–Crippen LogP) is 3.87. The van der Waals surface area contributed by atoms with Crippen molar-refractivity contribution in [2.24, 2.45) is 0 Å². The number of hydrogen-bond acceptors (Lipinski definition) is 9. The summed E-state index contributed by atoms with van der Waals surface area (Å²) in [7, 11) is 0. The highest BCUT2D eigenvalue weighted by molar-refractivity contribution is 5.21. The smallest absolute Gasteiger partial charge is 0.383 e. The molecule has 226 valence electrons. The van der Waals surface area contributed by atoms with Crippen LogP contribution < -0.4 is 9.47 Å². The van der Waals surface area contributed by atoms with E-state index in [9.17, 15) is 22.7 Å². The highest BCUT2D eigenvalue weighted by Gasteiger charge is 2.44. The van der Waals surface area contributed by atoms with Crippen LogP contribution in [0, 0.1) is 0 Å². The summed E-state index contributed by atoms with van der Waals surface area (Å²) < 4.78 is 86.2. The van der Waals surface area contributed by atoms with E-state index in [1.165, 1.54) is 0 Å². The summed E-state index contributed by atoms with van der Waals surface area (Å²) in [4.78, 5) is 0. The number of aliphatic hydroxyl groups excluding tert-OH is 2. The molecule has 9 nitrogen and oxygen atoms in total. The molecule has 0 amide bonds. The highest BCUT2D eigenvalue weighted by Crippen LogP contribution is 2.27. The van der Waals surface area contributed by atoms with Crippen LogP contribution >= 0.6 is 0 Å². The minimum absolute atomic E-state index is 0.0964. The number of benzene rings is 2. The van der Waals surface area contributed by atoms with Crippen LogP contribution in [0.4, 0.5) is 17.6 Å². The lowest BCUT2D eigenvalue weighted by Crippen LogP contribution is -2.40. The SMILES string of the molecule is OCCOCOCC(F)(F)OC(F)(F)COCC(O)CCOc1ccccc1.c1ccc(OCCC2CO2)cc1. The van der Waals surface area contributed by atoms with Crippen molar-refractivity contribution in [1.29, 1.82) is 0 Å². The Bertz CT molecular complexity index is 890. The molecule has 1 heterocycles. The van der Waals surface area contributed by atoms with E-state index in [-0.39, 0.29) is 26.2 Å². The Labute approximate surface area is 230 Å². The van der Waals surface area contributed by atoms with Crippen LogP contribution in [0.2, 0.25) is 0 Å². The van der Waals surface area contributed by atoms with E-state index >= 15 is 0 Å². The van der Waals surface area contributed by atoms with E-state index in [1.807, 2.05) is 30.3 Å². The normalized spacial score (nSPS) is 15.6. The zero-order valence-electron chi connectivity index (χ0n) is 22.0. The summed E-state index contributed by atoms with van der Waals surface area (Å²) in [5.74, 6) is 1.53. The fraction of sp³-hybridized carbons (Fsp3) is 0.556. The van der Waals surface area contributed by atoms with Crippen molar-refractivity contribution in [1.82, 2.24) is 0 Å². The number of para-hydroxylation sites is 2. The van der Waals surface area contributed by atoms with Gasteiger partial charge in [-0.1, -0.05) is 36.4 Å². The Kier molecular flexibility index (Phi) is 15.8. The average molecular weight is 581 g/mol. The molecule has 2 aromatic carbocycles. The summed E-state index contributed by atoms with van der Waals surface area (Å²) in [6, 6.07) is 18.6. The molecule has 2 unspecified atom stereocenters. The number of alkyl halides is 4. The molecule has 0 radical (unpaired) electrons. The monoisotopic (exact) mass is 580 g/mol. The van der Waals surface area contributed by atoms with Crippen LogP contribution in [0.3, 0.4) is 0 Å². The molecule has 1 saturated heterocycles. The Morgan fingerprint density at radius 2 is 1.35 bits per heavy atom. The number of hydrogen-bond donors (Lipinski definition) is 2. The van der Waals surface area contributed by atoms with Crippen molar-refractivity contribution in [3.63, 3.8) is 0 Å². The fourth-order valence-electron chi connectivity index (χ4n) is 2.91. The second kappa shape index (κ2) is 18.8. The topological polar surface area (TPSA) is 108 Å². The third kappa shape index (κ3) is 17.2. The molecule has 1 fully saturated rings. The third-order valence-corrected chi connectivity index (χ3v) is 4.87. The minimum atomic E-state index is -4.29. The molecule has 2 aromatic rings. The molecule has 13 heteroatoms. The van der Waals surface area contributed by atoms with Crippen LogP contribution in [0.25, 0.3) is 0 Å². The van der Waals surface area contributed by atoms with E-state index < -0.39 is 44.9 Å². The van der Waals surface area contributed by atoms with E-state index in [1.54, 1.807) is 30.3 Å². The molecule has 0 saturated carbocycles. The lowest BCUT2D eigenvalue weighted by atomic mass is 10.3. The van der Waals surface area contributed by atoms with E-state index in [0.717, 1.165) is 25.4 Å². The zero-order chi connectivity index (χ0) is 29.1. The van der Waals surface area contributed by atoms with Crippen LogP contribution in [-0.4, -0.2) is 94.3 Å². The second-order valence-electron chi connectivity index (χ2n) is 8.50. The minimum Gasteiger partial charge on any atom is -0.493 e. The fourth-order valence-corrected chi connectivity index (χ4v) is 2.91. The summed E-state index contributed by atoms with van der Waals surface area (Å²) >= 11 is 0. The Hall–Kier alpha value is -2.52. The second-order valence-corrected chi connectivity index (χ2v) is 8.50. The number of epoxide rings is 1. The molecule has 1 aliphatic rings. The van der Waals surface area contributed by atoms with Gasteiger partial charge in [0.05, 0.1) is 51.8 Å². The molecular formula is C27H36F4O9. The first-order valence-electron chi connectivity index (χ1n) is 12.6. The summed E-state index contributed by atoms with van der Waals surface area (Å²) in [6.07, 6.45) is -8.12. The zero-order valence-corrected chi connectivity index (χ0v) is 22.0. The molecule has 0 aliphatic carbocycles. The predicted molar refractivity (Wildman–Crippen MR) is 135 cm³/mol. The van der Waals surface area contributed by atoms with E-state index in [0.29, 0.717) is 11.9 Å². The lowest BCUT2D eigenvalue weighted by molar-refractivity contribution is -0.396. The maximum Gasteiger partial charge on any atom is 0.383 e. The van der Waals surface area contributed by atoms with Crippen LogP contribution in [0.5, 0.6) is 11.5 Å². The van der Waals surface area contributed by atoms with Gasteiger partial charge in [0.25, 0.3) is 0 Å². The van der Waals surface area contributed by atoms with Crippen LogP contribution in [0.1, 0.15) is 12.8 Å². The van der Waals surface area contributed by atoms with Crippen molar-refractivity contribution < 1.29 is 60.9 Å². The van der Waals surface area contributed by atoms with Gasteiger partial charge in [0.15, 0.2) is 0 Å². The van der Waals surface area contributed by atoms with Gasteiger partial charge in [0, 0.05) is 12.8 Å². The summed E-state index contributed by atoms with van der Waals surface area (Å²) in [5.41, 5.74) is 0. The molecule has 40 heavy (non-hydrogen) atoms. The van der Waals surface area contributed by atoms with Crippen molar-refractivity contribution in [2.45, 2.75) is 37.3 Å². The summed E-state index contributed by atoms with van der Waals surface area (Å²) in [5, 5.41) is 18.1. The van der Waals surface area contributed by atoms with Gasteiger partial charge in [-0.25, -0.2) is 0 Å². The number of ether oxygens (including phenoxy) is 7. The van der Waals surface area contributed by atoms with Gasteiger partial charge in [0.1, 0.15) is 31.5 Å². The molecule has 0 aromatic heterocycles. The molecule has 0 spiro atoms. The van der Waals surface area contributed by atoms with E-state index in [4.69, 9.17) is 19.3 Å². The molecule has 2 N–H and O–H groups in total. The molecular weight excluding hydrogens is 544 g/mol. The largest absolute Gasteiger partial charge is 0.493 e. The molecule has 0 bridgehead atoms. The quantitative estimate of drug-likeness (QED) is 0.104. The van der Waals surface area contributed by atoms with Crippen LogP contribution in [-0.2, 0) is 23.7 Å². The van der Waals surface area contributed by atoms with Crippen molar-refractivity contribution >= 4 is 0 Å². The number of halogens is 4. The number of rotatable bonds is 20. The first-order valence-corrected chi connectivity index (χ1v) is 12.6. The van der Waals surface area contributed by atoms with E-state index in [2.05, 4.69) is 18.9 Å². The van der Waals surface area contributed by atoms with Gasteiger partial charge in [-0.3, -0.25) is 4.74 Å². The molecule has 1 aliphatic heterocycles. The standard InChI is InChI=1S/C17H24F4O7.C10H12O2/c18-16(19,28-17(20,21)12-26-13-24-9-7-22)11-25-10-14(23)6-8-27-15-4-2-1-3-5-15;1-2-4-9(5-3-1)11-7-6-10-8-12-10/h1-5,14,22-23H,6-13H2;1-5,10H,6-8H2. The van der Waals surface area contributed by atoms with Crippen molar-refractivity contribution in [2.75, 3.05) is 59.6 Å². The first kappa shape index (κ1) is 33.7. The third-order valence-electron chi connectivity index (χ3n) is 4.87. The first-order chi connectivity index (χ1) is 19.2. The van der Waals surface area contributed by atoms with Gasteiger partial charge >= 0.3 is 12.2 Å². The Balaban J connectivity index is 0.000000382. The number of aliphatic hydroxyl groups is 2. The average Bonchev–Trinajstić information content (AvgIpc) is 3.74. The van der Waals surface area contributed by atoms with Gasteiger partial charge in [-0.05, 0) is 24.3 Å². The Morgan fingerprint density at radius 1 is 0.800 bits per heavy atom. The van der Waals surface area contributed by atoms with Gasteiger partial charge in [-0.2, -0.15) is 17.6 Å². The van der Waals surface area contributed by atoms with Crippen molar-refractivity contribution in [3.8, 4) is 11.5 Å². The van der Waals surface area contributed by atoms with Gasteiger partial charge < -0.3 is 38.6 Å². The van der Waals surface area contributed by atoms with Crippen LogP contribution in [0.15, 0.2) is 60.7 Å². The van der Waals surface area contributed by atoms with Gasteiger partial charge in [0.2, 0.25) is 0 Å². The summed E-state index contributed by atoms with van der Waals surface area (Å²) in [6.45, 7) is -2.74. The molecule has 3 rings (SSSR count). The maximum absolute atomic E-state index is 13.4.